The molecule has 0 unspecified atom stereocenters. The number of benzene rings is 1. The molecule has 0 aliphatic rings. The van der Waals surface area contributed by atoms with Crippen molar-refractivity contribution < 1.29 is 19.7 Å². The second-order valence-corrected chi connectivity index (χ2v) is 4.34. The lowest BCUT2D eigenvalue weighted by Crippen LogP contribution is -2.31. The van der Waals surface area contributed by atoms with Crippen LogP contribution in [0.15, 0.2) is 42.4 Å². The summed E-state index contributed by atoms with van der Waals surface area (Å²) in [5.74, 6) is -0.659. The lowest BCUT2D eigenvalue weighted by Gasteiger charge is -2.22. The summed E-state index contributed by atoms with van der Waals surface area (Å²) in [6, 6.07) is 9.41. The molecule has 0 saturated heterocycles. The van der Waals surface area contributed by atoms with Crippen molar-refractivity contribution in [2.24, 2.45) is 0 Å². The molecule has 0 aliphatic carbocycles. The molecule has 0 atom stereocenters. The van der Waals surface area contributed by atoms with Crippen molar-refractivity contribution in [2.45, 2.75) is 19.8 Å². The van der Waals surface area contributed by atoms with Crippen LogP contribution in [0.5, 0.6) is 0 Å². The molecule has 2 N–H and O–H groups in total. The summed E-state index contributed by atoms with van der Waals surface area (Å²) >= 11 is 0. The molecule has 1 aromatic rings. The van der Waals surface area contributed by atoms with Crippen molar-refractivity contribution in [1.82, 2.24) is 0 Å². The van der Waals surface area contributed by atoms with E-state index in [1.54, 1.807) is 4.90 Å². The average molecular weight is 279 g/mol. The molecular weight excluding hydrogens is 258 g/mol. The standard InChI is InChI=1S/C15H21NO4/c1-2-14(17)12-20-10-6-9-16(11-15(18)19)13-7-4-3-5-8-13/h3-5,7-8,12,17H,2,6,9-11H2,1H3,(H,18,19). The van der Waals surface area contributed by atoms with Crippen LogP contribution in [0.25, 0.3) is 0 Å². The SMILES string of the molecule is CCC(O)=COCCCN(CC(=O)O)c1ccccc1. The zero-order valence-electron chi connectivity index (χ0n) is 11.7. The molecule has 0 aromatic heterocycles. The molecule has 0 amide bonds. The van der Waals surface area contributed by atoms with E-state index in [2.05, 4.69) is 0 Å². The van der Waals surface area contributed by atoms with Crippen LogP contribution in [-0.2, 0) is 9.53 Å². The number of allylic oxidation sites excluding steroid dienone is 1. The summed E-state index contributed by atoms with van der Waals surface area (Å²) < 4.78 is 5.19. The normalized spacial score (nSPS) is 11.2. The van der Waals surface area contributed by atoms with E-state index in [1.165, 1.54) is 6.26 Å². The van der Waals surface area contributed by atoms with Crippen LogP contribution in [-0.4, -0.2) is 35.9 Å². The first-order chi connectivity index (χ1) is 9.63. The molecule has 0 heterocycles. The van der Waals surface area contributed by atoms with Crippen molar-refractivity contribution in [3.8, 4) is 0 Å². The third-order valence-electron chi connectivity index (χ3n) is 2.72. The summed E-state index contributed by atoms with van der Waals surface area (Å²) in [6.07, 6.45) is 2.55. The smallest absolute Gasteiger partial charge is 0.323 e. The Hall–Kier alpha value is -2.17. The third-order valence-corrected chi connectivity index (χ3v) is 2.72. The Morgan fingerprint density at radius 1 is 1.30 bits per heavy atom. The van der Waals surface area contributed by atoms with E-state index >= 15 is 0 Å². The molecule has 0 spiro atoms. The molecule has 0 radical (unpaired) electrons. The maximum Gasteiger partial charge on any atom is 0.323 e. The monoisotopic (exact) mass is 279 g/mol. The Bertz CT molecular complexity index is 431. The Labute approximate surface area is 119 Å². The van der Waals surface area contributed by atoms with Crippen LogP contribution in [0.3, 0.4) is 0 Å². The van der Waals surface area contributed by atoms with E-state index in [0.29, 0.717) is 26.0 Å². The van der Waals surface area contributed by atoms with Crippen molar-refractivity contribution in [3.05, 3.63) is 42.4 Å². The number of aliphatic hydroxyl groups is 1. The molecule has 1 rings (SSSR count). The fourth-order valence-electron chi connectivity index (χ4n) is 1.68. The number of carboxylic acid groups (broad SMARTS) is 1. The average Bonchev–Trinajstić information content (AvgIpc) is 2.46. The van der Waals surface area contributed by atoms with Gasteiger partial charge in [0.15, 0.2) is 0 Å². The highest BCUT2D eigenvalue weighted by molar-refractivity contribution is 5.73. The van der Waals surface area contributed by atoms with Gasteiger partial charge in [0, 0.05) is 18.7 Å². The fraction of sp³-hybridized carbons (Fsp3) is 0.400. The Morgan fingerprint density at radius 3 is 2.60 bits per heavy atom. The van der Waals surface area contributed by atoms with E-state index in [4.69, 9.17) is 9.84 Å². The van der Waals surface area contributed by atoms with E-state index in [-0.39, 0.29) is 12.3 Å². The molecule has 5 heteroatoms. The van der Waals surface area contributed by atoms with Crippen molar-refractivity contribution in [3.63, 3.8) is 0 Å². The number of carbonyl (C=O) groups is 1. The Morgan fingerprint density at radius 2 is 2.00 bits per heavy atom. The minimum Gasteiger partial charge on any atom is -0.509 e. The first-order valence-corrected chi connectivity index (χ1v) is 6.65. The van der Waals surface area contributed by atoms with Crippen molar-refractivity contribution in [1.29, 1.82) is 0 Å². The van der Waals surface area contributed by atoms with Crippen LogP contribution in [0.2, 0.25) is 0 Å². The topological polar surface area (TPSA) is 70.0 Å². The fourth-order valence-corrected chi connectivity index (χ4v) is 1.68. The van der Waals surface area contributed by atoms with Gasteiger partial charge in [-0.1, -0.05) is 25.1 Å². The molecule has 20 heavy (non-hydrogen) atoms. The van der Waals surface area contributed by atoms with Gasteiger partial charge in [0.1, 0.15) is 18.6 Å². The van der Waals surface area contributed by atoms with Gasteiger partial charge in [-0.05, 0) is 18.6 Å². The number of aliphatic hydroxyl groups excluding tert-OH is 1. The molecular formula is C15H21NO4. The molecule has 1 aromatic carbocycles. The van der Waals surface area contributed by atoms with Gasteiger partial charge in [-0.2, -0.15) is 0 Å². The molecule has 110 valence electrons. The maximum atomic E-state index is 10.9. The lowest BCUT2D eigenvalue weighted by atomic mass is 10.2. The van der Waals surface area contributed by atoms with Crippen molar-refractivity contribution >= 4 is 11.7 Å². The highest BCUT2D eigenvalue weighted by Crippen LogP contribution is 2.13. The highest BCUT2D eigenvalue weighted by Gasteiger charge is 2.09. The number of rotatable bonds is 9. The Balaban J connectivity index is 2.44. The zero-order valence-corrected chi connectivity index (χ0v) is 11.7. The Kier molecular flexibility index (Phi) is 7.03. The number of anilines is 1. The predicted molar refractivity (Wildman–Crippen MR) is 77.9 cm³/mol. The van der Waals surface area contributed by atoms with Gasteiger partial charge in [0.2, 0.25) is 0 Å². The number of carboxylic acids is 1. The number of hydrogen-bond donors (Lipinski definition) is 2. The van der Waals surface area contributed by atoms with Gasteiger partial charge < -0.3 is 19.8 Å². The molecule has 0 fully saturated rings. The number of nitrogens with zero attached hydrogens (tertiary/aromatic N) is 1. The lowest BCUT2D eigenvalue weighted by molar-refractivity contribution is -0.135. The summed E-state index contributed by atoms with van der Waals surface area (Å²) in [5.41, 5.74) is 0.877. The van der Waals surface area contributed by atoms with E-state index in [0.717, 1.165) is 5.69 Å². The molecule has 0 aliphatic heterocycles. The highest BCUT2D eigenvalue weighted by atomic mass is 16.5. The maximum absolute atomic E-state index is 10.9. The largest absolute Gasteiger partial charge is 0.509 e. The number of aliphatic carboxylic acids is 1. The van der Waals surface area contributed by atoms with Crippen LogP contribution >= 0.6 is 0 Å². The van der Waals surface area contributed by atoms with Gasteiger partial charge in [-0.25, -0.2) is 0 Å². The second-order valence-electron chi connectivity index (χ2n) is 4.34. The van der Waals surface area contributed by atoms with E-state index in [1.807, 2.05) is 37.3 Å². The molecule has 0 bridgehead atoms. The van der Waals surface area contributed by atoms with E-state index in [9.17, 15) is 9.90 Å². The summed E-state index contributed by atoms with van der Waals surface area (Å²) in [5, 5.41) is 18.1. The zero-order chi connectivity index (χ0) is 14.8. The molecule has 0 saturated carbocycles. The summed E-state index contributed by atoms with van der Waals surface area (Å²) in [7, 11) is 0. The second kappa shape index (κ2) is 8.85. The minimum absolute atomic E-state index is 0.0416. The number of hydrogen-bond acceptors (Lipinski definition) is 4. The van der Waals surface area contributed by atoms with Gasteiger partial charge in [-0.3, -0.25) is 4.79 Å². The number of ether oxygens (including phenoxy) is 1. The van der Waals surface area contributed by atoms with Gasteiger partial charge in [-0.15, -0.1) is 0 Å². The van der Waals surface area contributed by atoms with Crippen LogP contribution < -0.4 is 4.90 Å². The quantitative estimate of drug-likeness (QED) is 0.537. The van der Waals surface area contributed by atoms with Gasteiger partial charge in [0.25, 0.3) is 0 Å². The summed E-state index contributed by atoms with van der Waals surface area (Å²) in [6.45, 7) is 2.81. The van der Waals surface area contributed by atoms with Crippen LogP contribution in [0, 0.1) is 0 Å². The first kappa shape index (κ1) is 15.9. The van der Waals surface area contributed by atoms with E-state index < -0.39 is 5.97 Å². The summed E-state index contributed by atoms with van der Waals surface area (Å²) in [4.78, 5) is 12.7. The predicted octanol–water partition coefficient (Wildman–Crippen LogP) is 2.79. The third kappa shape index (κ3) is 6.13. The van der Waals surface area contributed by atoms with Crippen LogP contribution in [0.1, 0.15) is 19.8 Å². The van der Waals surface area contributed by atoms with Crippen LogP contribution in [0.4, 0.5) is 5.69 Å². The minimum atomic E-state index is -0.863. The molecule has 5 nitrogen and oxygen atoms in total. The van der Waals surface area contributed by atoms with Gasteiger partial charge >= 0.3 is 5.97 Å². The van der Waals surface area contributed by atoms with Crippen molar-refractivity contribution in [2.75, 3.05) is 24.6 Å². The first-order valence-electron chi connectivity index (χ1n) is 6.65. The van der Waals surface area contributed by atoms with Gasteiger partial charge in [0.05, 0.1) is 6.61 Å². The number of para-hydroxylation sites is 1.